The van der Waals surface area contributed by atoms with E-state index in [9.17, 15) is 9.00 Å². The van der Waals surface area contributed by atoms with Gasteiger partial charge in [0.1, 0.15) is 5.75 Å². The number of carbonyl (C=O) groups excluding carboxylic acids is 1. The zero-order valence-corrected chi connectivity index (χ0v) is 11.2. The molecule has 3 nitrogen and oxygen atoms in total. The molecule has 94 valence electrons. The Balaban J connectivity index is 2.49. The van der Waals surface area contributed by atoms with Gasteiger partial charge in [-0.25, -0.2) is 0 Å². The minimum Gasteiger partial charge on any atom is -0.465 e. The van der Waals surface area contributed by atoms with E-state index in [1.54, 1.807) is 24.3 Å². The van der Waals surface area contributed by atoms with Gasteiger partial charge >= 0.3 is 5.97 Å². The molecule has 0 spiro atoms. The summed E-state index contributed by atoms with van der Waals surface area (Å²) in [5.74, 6) is -0.593. The van der Waals surface area contributed by atoms with Crippen molar-refractivity contribution in [2.75, 3.05) is 12.4 Å². The van der Waals surface area contributed by atoms with Crippen LogP contribution in [0.2, 0.25) is 5.02 Å². The zero-order chi connectivity index (χ0) is 12.7. The largest absolute Gasteiger partial charge is 0.465 e. The first-order chi connectivity index (χ1) is 8.15. The highest BCUT2D eigenvalue weighted by Crippen LogP contribution is 2.18. The third kappa shape index (κ3) is 4.88. The van der Waals surface area contributed by atoms with Crippen molar-refractivity contribution < 1.29 is 13.7 Å². The molecule has 0 aliphatic carbocycles. The highest BCUT2D eigenvalue weighted by molar-refractivity contribution is 7.85. The van der Waals surface area contributed by atoms with Crippen molar-refractivity contribution in [1.29, 1.82) is 0 Å². The number of ether oxygens (including phenoxy) is 1. The van der Waals surface area contributed by atoms with E-state index in [0.29, 0.717) is 16.5 Å². The first-order valence-electron chi connectivity index (χ1n) is 5.43. The molecule has 1 unspecified atom stereocenters. The van der Waals surface area contributed by atoms with Gasteiger partial charge in [-0.2, -0.15) is 0 Å². The molecule has 0 aliphatic rings. The number of esters is 1. The molecule has 0 amide bonds. The van der Waals surface area contributed by atoms with Crippen molar-refractivity contribution in [2.45, 2.75) is 24.7 Å². The first kappa shape index (κ1) is 14.2. The number of benzene rings is 1. The summed E-state index contributed by atoms with van der Waals surface area (Å²) < 4.78 is 16.8. The fourth-order valence-corrected chi connectivity index (χ4v) is 2.55. The molecule has 1 rings (SSSR count). The fourth-order valence-electron chi connectivity index (χ4n) is 1.19. The monoisotopic (exact) mass is 274 g/mol. The molecule has 0 saturated carbocycles. The second kappa shape index (κ2) is 7.45. The van der Waals surface area contributed by atoms with Gasteiger partial charge in [0.25, 0.3) is 0 Å². The third-order valence-corrected chi connectivity index (χ3v) is 3.88. The van der Waals surface area contributed by atoms with Gasteiger partial charge in [0.2, 0.25) is 0 Å². The van der Waals surface area contributed by atoms with E-state index < -0.39 is 16.8 Å². The summed E-state index contributed by atoms with van der Waals surface area (Å²) in [6, 6.07) is 6.79. The Labute approximate surface area is 109 Å². The van der Waals surface area contributed by atoms with Crippen molar-refractivity contribution in [3.63, 3.8) is 0 Å². The molecule has 0 N–H and O–H groups in total. The Morgan fingerprint density at radius 3 is 2.76 bits per heavy atom. The van der Waals surface area contributed by atoms with Crippen LogP contribution in [0.5, 0.6) is 0 Å². The van der Waals surface area contributed by atoms with Crippen molar-refractivity contribution in [1.82, 2.24) is 0 Å². The van der Waals surface area contributed by atoms with Crippen LogP contribution in [-0.4, -0.2) is 22.5 Å². The molecule has 1 aromatic carbocycles. The van der Waals surface area contributed by atoms with E-state index >= 15 is 0 Å². The summed E-state index contributed by atoms with van der Waals surface area (Å²) in [5.41, 5.74) is 0. The summed E-state index contributed by atoms with van der Waals surface area (Å²) in [6.07, 6.45) is 1.78. The number of rotatable bonds is 6. The van der Waals surface area contributed by atoms with Gasteiger partial charge in [0.05, 0.1) is 27.3 Å². The number of carbonyl (C=O) groups is 1. The quantitative estimate of drug-likeness (QED) is 0.592. The lowest BCUT2D eigenvalue weighted by molar-refractivity contribution is -0.140. The van der Waals surface area contributed by atoms with Crippen LogP contribution in [0.3, 0.4) is 0 Å². The van der Waals surface area contributed by atoms with E-state index in [4.69, 9.17) is 16.3 Å². The molecule has 0 saturated heterocycles. The maximum Gasteiger partial charge on any atom is 0.318 e. The van der Waals surface area contributed by atoms with Gasteiger partial charge in [0.15, 0.2) is 0 Å². The molecule has 0 radical (unpaired) electrons. The van der Waals surface area contributed by atoms with Crippen LogP contribution in [0.25, 0.3) is 0 Å². The van der Waals surface area contributed by atoms with Gasteiger partial charge in [-0.05, 0) is 18.6 Å². The predicted molar refractivity (Wildman–Crippen MR) is 68.6 cm³/mol. The van der Waals surface area contributed by atoms with Crippen LogP contribution in [0.1, 0.15) is 19.8 Å². The van der Waals surface area contributed by atoms with Crippen LogP contribution >= 0.6 is 11.6 Å². The summed E-state index contributed by atoms with van der Waals surface area (Å²) in [4.78, 5) is 11.8. The molecule has 1 aromatic rings. The summed E-state index contributed by atoms with van der Waals surface area (Å²) >= 11 is 5.88. The lowest BCUT2D eigenvalue weighted by atomic mass is 10.4. The smallest absolute Gasteiger partial charge is 0.318 e. The van der Waals surface area contributed by atoms with Crippen LogP contribution < -0.4 is 0 Å². The van der Waals surface area contributed by atoms with Crippen LogP contribution in [0.4, 0.5) is 0 Å². The SMILES string of the molecule is CCCCOC(=O)CS(=O)c1ccccc1Cl. The molecule has 0 aliphatic heterocycles. The van der Waals surface area contributed by atoms with Gasteiger partial charge in [-0.1, -0.05) is 37.1 Å². The van der Waals surface area contributed by atoms with Gasteiger partial charge < -0.3 is 4.74 Å². The van der Waals surface area contributed by atoms with E-state index in [1.165, 1.54) is 0 Å². The molecule has 5 heteroatoms. The average molecular weight is 275 g/mol. The highest BCUT2D eigenvalue weighted by atomic mass is 35.5. The minimum atomic E-state index is -1.44. The molecule has 17 heavy (non-hydrogen) atoms. The number of halogens is 1. The third-order valence-electron chi connectivity index (χ3n) is 2.09. The lowest BCUT2D eigenvalue weighted by Gasteiger charge is -2.05. The fraction of sp³-hybridized carbons (Fsp3) is 0.417. The Bertz CT molecular complexity index is 406. The van der Waals surface area contributed by atoms with Crippen molar-refractivity contribution in [2.24, 2.45) is 0 Å². The van der Waals surface area contributed by atoms with Crippen LogP contribution in [0.15, 0.2) is 29.2 Å². The highest BCUT2D eigenvalue weighted by Gasteiger charge is 2.13. The van der Waals surface area contributed by atoms with Gasteiger partial charge in [0, 0.05) is 0 Å². The minimum absolute atomic E-state index is 0.145. The normalized spacial score (nSPS) is 12.1. The van der Waals surface area contributed by atoms with Crippen molar-refractivity contribution >= 4 is 28.4 Å². The Kier molecular flexibility index (Phi) is 6.22. The molecule has 1 atom stereocenters. The van der Waals surface area contributed by atoms with E-state index in [0.717, 1.165) is 12.8 Å². The second-order valence-electron chi connectivity index (χ2n) is 3.49. The van der Waals surface area contributed by atoms with E-state index in [1.807, 2.05) is 6.92 Å². The summed E-state index contributed by atoms with van der Waals surface area (Å²) in [5, 5.41) is 0.409. The van der Waals surface area contributed by atoms with Gasteiger partial charge in [-0.15, -0.1) is 0 Å². The Hall–Kier alpha value is -0.870. The van der Waals surface area contributed by atoms with Crippen molar-refractivity contribution in [3.05, 3.63) is 29.3 Å². The van der Waals surface area contributed by atoms with Crippen molar-refractivity contribution in [3.8, 4) is 0 Å². The lowest BCUT2D eigenvalue weighted by Crippen LogP contribution is -2.15. The maximum absolute atomic E-state index is 11.8. The molecule has 0 aromatic heterocycles. The average Bonchev–Trinajstić information content (AvgIpc) is 2.29. The molecule has 0 fully saturated rings. The standard InChI is InChI=1S/C12H15ClO3S/c1-2-3-8-16-12(14)9-17(15)11-7-5-4-6-10(11)13/h4-7H,2-3,8-9H2,1H3. The van der Waals surface area contributed by atoms with E-state index in [2.05, 4.69) is 0 Å². The number of hydrogen-bond donors (Lipinski definition) is 0. The molecule has 0 heterocycles. The predicted octanol–water partition coefficient (Wildman–Crippen LogP) is 2.79. The molecule has 0 bridgehead atoms. The zero-order valence-electron chi connectivity index (χ0n) is 9.65. The van der Waals surface area contributed by atoms with Crippen LogP contribution in [0, 0.1) is 0 Å². The van der Waals surface area contributed by atoms with E-state index in [-0.39, 0.29) is 5.75 Å². The van der Waals surface area contributed by atoms with Gasteiger partial charge in [-0.3, -0.25) is 9.00 Å². The summed E-state index contributed by atoms with van der Waals surface area (Å²) in [6.45, 7) is 2.39. The number of hydrogen-bond acceptors (Lipinski definition) is 3. The first-order valence-corrected chi connectivity index (χ1v) is 7.13. The Morgan fingerprint density at radius 1 is 1.41 bits per heavy atom. The number of unbranched alkanes of at least 4 members (excludes halogenated alkanes) is 1. The Morgan fingerprint density at radius 2 is 2.12 bits per heavy atom. The maximum atomic E-state index is 11.8. The summed E-state index contributed by atoms with van der Waals surface area (Å²) in [7, 11) is -1.44. The molecular weight excluding hydrogens is 260 g/mol. The topological polar surface area (TPSA) is 43.4 Å². The molecular formula is C12H15ClO3S. The van der Waals surface area contributed by atoms with Crippen LogP contribution in [-0.2, 0) is 20.3 Å². The second-order valence-corrected chi connectivity index (χ2v) is 5.32.